The number of aromatic nitrogens is 1. The highest BCUT2D eigenvalue weighted by atomic mass is 14.8. The second kappa shape index (κ2) is 8.14. The Morgan fingerprint density at radius 1 is 1.17 bits per heavy atom. The van der Waals surface area contributed by atoms with E-state index in [2.05, 4.69) is 57.0 Å². The van der Waals surface area contributed by atoms with Crippen LogP contribution in [-0.4, -0.2) is 4.98 Å². The molecule has 0 bridgehead atoms. The van der Waals surface area contributed by atoms with Crippen molar-refractivity contribution < 1.29 is 0 Å². The number of allylic oxidation sites excluding steroid dienone is 1. The number of nitrogens with zero attached hydrogens (tertiary/aromatic N) is 1. The minimum atomic E-state index is 0.651. The van der Waals surface area contributed by atoms with E-state index in [9.17, 15) is 0 Å². The zero-order valence-corrected chi connectivity index (χ0v) is 15.1. The average molecular weight is 310 g/mol. The van der Waals surface area contributed by atoms with Crippen molar-refractivity contribution in [1.29, 1.82) is 0 Å². The molecule has 124 valence electrons. The van der Waals surface area contributed by atoms with E-state index < -0.39 is 0 Å². The van der Waals surface area contributed by atoms with Crippen LogP contribution in [0.3, 0.4) is 0 Å². The predicted molar refractivity (Wildman–Crippen MR) is 103 cm³/mol. The Morgan fingerprint density at radius 2 is 1.91 bits per heavy atom. The van der Waals surface area contributed by atoms with Crippen LogP contribution in [0.5, 0.6) is 0 Å². The van der Waals surface area contributed by atoms with Gasteiger partial charge in [0.2, 0.25) is 0 Å². The van der Waals surface area contributed by atoms with Crippen molar-refractivity contribution in [3.8, 4) is 0 Å². The first kappa shape index (κ1) is 17.5. The molecule has 2 aromatic rings. The average Bonchev–Trinajstić information content (AvgIpc) is 2.54. The van der Waals surface area contributed by atoms with Crippen molar-refractivity contribution in [2.45, 2.75) is 66.2 Å². The van der Waals surface area contributed by atoms with Gasteiger partial charge in [0, 0.05) is 10.9 Å². The summed E-state index contributed by atoms with van der Waals surface area (Å²) >= 11 is 0. The van der Waals surface area contributed by atoms with Gasteiger partial charge < -0.3 is 5.73 Å². The first-order valence-corrected chi connectivity index (χ1v) is 8.92. The first-order valence-electron chi connectivity index (χ1n) is 8.92. The number of pyridine rings is 1. The number of aryl methyl sites for hydroxylation is 2. The molecule has 0 aliphatic rings. The number of fused-ring (bicyclic) bond motifs is 1. The zero-order chi connectivity index (χ0) is 16.8. The monoisotopic (exact) mass is 310 g/mol. The normalized spacial score (nSPS) is 12.1. The summed E-state index contributed by atoms with van der Waals surface area (Å²) in [7, 11) is 0. The number of unbranched alkanes of at least 4 members (excludes halogenated alkanes) is 2. The molecular formula is C21H30N2. The highest BCUT2D eigenvalue weighted by Crippen LogP contribution is 2.28. The predicted octanol–water partition coefficient (Wildman–Crippen LogP) is 6.06. The van der Waals surface area contributed by atoms with Gasteiger partial charge in [-0.25, -0.2) is 4.98 Å². The lowest BCUT2D eigenvalue weighted by molar-refractivity contribution is 0.790. The van der Waals surface area contributed by atoms with E-state index >= 15 is 0 Å². The van der Waals surface area contributed by atoms with E-state index in [-0.39, 0.29) is 0 Å². The number of nitrogens with two attached hydrogens (primary N) is 1. The van der Waals surface area contributed by atoms with Gasteiger partial charge in [0.05, 0.1) is 5.52 Å². The maximum atomic E-state index is 6.26. The lowest BCUT2D eigenvalue weighted by Crippen LogP contribution is -1.99. The third kappa shape index (κ3) is 4.34. The molecule has 0 radical (unpaired) electrons. The molecule has 2 nitrogen and oxygen atoms in total. The van der Waals surface area contributed by atoms with Gasteiger partial charge in [-0.1, -0.05) is 50.5 Å². The molecule has 2 heteroatoms. The van der Waals surface area contributed by atoms with Gasteiger partial charge >= 0.3 is 0 Å². The van der Waals surface area contributed by atoms with E-state index in [4.69, 9.17) is 5.73 Å². The summed E-state index contributed by atoms with van der Waals surface area (Å²) in [6.45, 7) is 8.79. The standard InChI is InChI=1S/C21H30N2/c1-5-7-9-15(3)13-19-16(4)18-12-11-17(10-8-6-2)14-20(18)23-21(19)22/h11-14H,5-10H2,1-4H3,(H2,22,23)/b15-13+. The quantitative estimate of drug-likeness (QED) is 0.675. The van der Waals surface area contributed by atoms with Gasteiger partial charge in [0.25, 0.3) is 0 Å². The fourth-order valence-electron chi connectivity index (χ4n) is 3.01. The molecule has 0 spiro atoms. The fourth-order valence-corrected chi connectivity index (χ4v) is 3.01. The fraction of sp³-hybridized carbons (Fsp3) is 0.476. The Kier molecular flexibility index (Phi) is 6.20. The van der Waals surface area contributed by atoms with Gasteiger partial charge in [-0.05, 0) is 56.7 Å². The minimum Gasteiger partial charge on any atom is -0.383 e. The molecular weight excluding hydrogens is 280 g/mol. The molecule has 1 aromatic heterocycles. The van der Waals surface area contributed by atoms with Crippen molar-refractivity contribution in [2.75, 3.05) is 5.73 Å². The SMILES string of the molecule is CCCC/C(C)=C/c1c(N)nc2cc(CCCC)ccc2c1C. The van der Waals surface area contributed by atoms with E-state index in [0.29, 0.717) is 5.82 Å². The van der Waals surface area contributed by atoms with Crippen LogP contribution in [0, 0.1) is 6.92 Å². The molecule has 0 unspecified atom stereocenters. The van der Waals surface area contributed by atoms with Gasteiger partial charge in [-0.3, -0.25) is 0 Å². The smallest absolute Gasteiger partial charge is 0.131 e. The second-order valence-electron chi connectivity index (χ2n) is 6.59. The van der Waals surface area contributed by atoms with Gasteiger partial charge in [-0.2, -0.15) is 0 Å². The third-order valence-corrected chi connectivity index (χ3v) is 4.52. The maximum absolute atomic E-state index is 6.26. The maximum Gasteiger partial charge on any atom is 0.131 e. The summed E-state index contributed by atoms with van der Waals surface area (Å²) in [6, 6.07) is 6.65. The van der Waals surface area contributed by atoms with Gasteiger partial charge in [-0.15, -0.1) is 0 Å². The van der Waals surface area contributed by atoms with E-state index in [1.54, 1.807) is 0 Å². The van der Waals surface area contributed by atoms with E-state index in [1.165, 1.54) is 47.8 Å². The summed E-state index contributed by atoms with van der Waals surface area (Å²) in [5.41, 5.74) is 12.3. The van der Waals surface area contributed by atoms with Crippen LogP contribution in [-0.2, 0) is 6.42 Å². The number of hydrogen-bond donors (Lipinski definition) is 1. The Bertz CT molecular complexity index is 699. The molecule has 2 rings (SSSR count). The molecule has 1 aromatic carbocycles. The molecule has 0 aliphatic carbocycles. The van der Waals surface area contributed by atoms with Crippen LogP contribution in [0.15, 0.2) is 23.8 Å². The van der Waals surface area contributed by atoms with Crippen molar-refractivity contribution in [3.05, 3.63) is 40.5 Å². The third-order valence-electron chi connectivity index (χ3n) is 4.52. The lowest BCUT2D eigenvalue weighted by Gasteiger charge is -2.11. The molecule has 2 N–H and O–H groups in total. The summed E-state index contributed by atoms with van der Waals surface area (Å²) < 4.78 is 0. The Labute approximate surface area is 140 Å². The summed E-state index contributed by atoms with van der Waals surface area (Å²) in [4.78, 5) is 4.67. The molecule has 23 heavy (non-hydrogen) atoms. The topological polar surface area (TPSA) is 38.9 Å². The molecule has 0 saturated carbocycles. The Balaban J connectivity index is 2.41. The van der Waals surface area contributed by atoms with Gasteiger partial charge in [0.1, 0.15) is 5.82 Å². The molecule has 1 heterocycles. The number of anilines is 1. The number of hydrogen-bond acceptors (Lipinski definition) is 2. The van der Waals surface area contributed by atoms with Gasteiger partial charge in [0.15, 0.2) is 0 Å². The molecule has 0 amide bonds. The number of rotatable bonds is 7. The van der Waals surface area contributed by atoms with Crippen LogP contribution in [0.25, 0.3) is 17.0 Å². The first-order chi connectivity index (χ1) is 11.1. The van der Waals surface area contributed by atoms with Crippen LogP contribution < -0.4 is 5.73 Å². The van der Waals surface area contributed by atoms with Crippen molar-refractivity contribution in [1.82, 2.24) is 4.98 Å². The largest absolute Gasteiger partial charge is 0.383 e. The summed E-state index contributed by atoms with van der Waals surface area (Å²) in [5, 5.41) is 1.22. The number of benzene rings is 1. The zero-order valence-electron chi connectivity index (χ0n) is 15.1. The van der Waals surface area contributed by atoms with E-state index in [0.717, 1.165) is 23.9 Å². The molecule has 0 fully saturated rings. The van der Waals surface area contributed by atoms with Crippen LogP contribution in [0.4, 0.5) is 5.82 Å². The van der Waals surface area contributed by atoms with Crippen LogP contribution >= 0.6 is 0 Å². The Morgan fingerprint density at radius 3 is 2.61 bits per heavy atom. The van der Waals surface area contributed by atoms with Crippen LogP contribution in [0.2, 0.25) is 0 Å². The highest BCUT2D eigenvalue weighted by Gasteiger charge is 2.09. The molecule has 0 atom stereocenters. The summed E-state index contributed by atoms with van der Waals surface area (Å²) in [5.74, 6) is 0.651. The lowest BCUT2D eigenvalue weighted by atomic mass is 9.98. The van der Waals surface area contributed by atoms with Crippen LogP contribution in [0.1, 0.15) is 69.6 Å². The van der Waals surface area contributed by atoms with E-state index in [1.807, 2.05) is 0 Å². The second-order valence-corrected chi connectivity index (χ2v) is 6.59. The molecule has 0 saturated heterocycles. The Hall–Kier alpha value is -1.83. The number of nitrogen functional groups attached to an aromatic ring is 1. The minimum absolute atomic E-state index is 0.651. The van der Waals surface area contributed by atoms with Crippen molar-refractivity contribution >= 4 is 22.8 Å². The molecule has 0 aliphatic heterocycles. The van der Waals surface area contributed by atoms with Crippen molar-refractivity contribution in [3.63, 3.8) is 0 Å². The van der Waals surface area contributed by atoms with Crippen molar-refractivity contribution in [2.24, 2.45) is 0 Å². The highest BCUT2D eigenvalue weighted by molar-refractivity contribution is 5.89. The summed E-state index contributed by atoms with van der Waals surface area (Å²) in [6.07, 6.45) is 9.34.